The van der Waals surface area contributed by atoms with E-state index >= 15 is 0 Å². The Morgan fingerprint density at radius 3 is 2.67 bits per heavy atom. The molecule has 0 aromatic heterocycles. The van der Waals surface area contributed by atoms with Crippen molar-refractivity contribution in [2.75, 3.05) is 17.2 Å². The zero-order chi connectivity index (χ0) is 12.5. The van der Waals surface area contributed by atoms with Crippen molar-refractivity contribution in [3.63, 3.8) is 0 Å². The number of fused-ring (bicyclic) bond motifs is 2. The summed E-state index contributed by atoms with van der Waals surface area (Å²) in [6, 6.07) is 14.8. The number of hydrogen-bond donors (Lipinski definition) is 1. The van der Waals surface area contributed by atoms with Gasteiger partial charge >= 0.3 is 0 Å². The van der Waals surface area contributed by atoms with Gasteiger partial charge in [-0.2, -0.15) is 0 Å². The van der Waals surface area contributed by atoms with Crippen molar-refractivity contribution < 1.29 is 0 Å². The molecule has 1 heterocycles. The summed E-state index contributed by atoms with van der Waals surface area (Å²) in [6.45, 7) is 3.25. The highest BCUT2D eigenvalue weighted by molar-refractivity contribution is 5.78. The highest BCUT2D eigenvalue weighted by Gasteiger charge is 2.22. The van der Waals surface area contributed by atoms with E-state index in [1.54, 1.807) is 0 Å². The van der Waals surface area contributed by atoms with E-state index in [0.29, 0.717) is 0 Å². The van der Waals surface area contributed by atoms with Crippen LogP contribution < -0.4 is 10.6 Å². The normalized spacial score (nSPS) is 13.1. The van der Waals surface area contributed by atoms with Crippen molar-refractivity contribution >= 4 is 17.1 Å². The molecule has 0 unspecified atom stereocenters. The standard InChI is InChI=1S/C16H18N2/c1-2-10-18-15-8-4-3-6-12(15)11-13-14(17)7-5-9-16(13)18/h3-9H,2,10-11,17H2,1H3. The van der Waals surface area contributed by atoms with Gasteiger partial charge in [0.1, 0.15) is 0 Å². The Bertz CT molecular complexity index is 575. The summed E-state index contributed by atoms with van der Waals surface area (Å²) in [5, 5.41) is 0. The fraction of sp³-hybridized carbons (Fsp3) is 0.250. The molecule has 2 aromatic carbocycles. The summed E-state index contributed by atoms with van der Waals surface area (Å²) < 4.78 is 0. The first-order valence-corrected chi connectivity index (χ1v) is 6.54. The molecule has 0 atom stereocenters. The van der Waals surface area contributed by atoms with Gasteiger partial charge in [0.05, 0.1) is 0 Å². The van der Waals surface area contributed by atoms with Gasteiger partial charge in [-0.1, -0.05) is 31.2 Å². The average molecular weight is 238 g/mol. The summed E-state index contributed by atoms with van der Waals surface area (Å²) in [7, 11) is 0. The summed E-state index contributed by atoms with van der Waals surface area (Å²) in [6.07, 6.45) is 2.07. The summed E-state index contributed by atoms with van der Waals surface area (Å²) in [5.74, 6) is 0. The van der Waals surface area contributed by atoms with Crippen LogP contribution in [0.4, 0.5) is 17.1 Å². The van der Waals surface area contributed by atoms with Crippen LogP contribution in [-0.2, 0) is 6.42 Å². The van der Waals surface area contributed by atoms with Crippen molar-refractivity contribution in [1.82, 2.24) is 0 Å². The van der Waals surface area contributed by atoms with E-state index in [2.05, 4.69) is 42.2 Å². The number of nitrogens with two attached hydrogens (primary N) is 1. The highest BCUT2D eigenvalue weighted by atomic mass is 15.1. The minimum Gasteiger partial charge on any atom is -0.398 e. The number of para-hydroxylation sites is 1. The Morgan fingerprint density at radius 2 is 1.83 bits per heavy atom. The SMILES string of the molecule is CCCN1c2ccccc2Cc2c(N)cccc21. The maximum absolute atomic E-state index is 6.13. The van der Waals surface area contributed by atoms with E-state index in [0.717, 1.165) is 25.1 Å². The van der Waals surface area contributed by atoms with Crippen molar-refractivity contribution in [2.24, 2.45) is 0 Å². The van der Waals surface area contributed by atoms with Crippen LogP contribution in [-0.4, -0.2) is 6.54 Å². The third-order valence-corrected chi connectivity index (χ3v) is 3.58. The lowest BCUT2D eigenvalue weighted by Crippen LogP contribution is -2.24. The van der Waals surface area contributed by atoms with Crippen molar-refractivity contribution in [2.45, 2.75) is 19.8 Å². The van der Waals surface area contributed by atoms with Gasteiger partial charge in [-0.05, 0) is 30.2 Å². The summed E-state index contributed by atoms with van der Waals surface area (Å²) in [5.41, 5.74) is 12.3. The molecule has 0 amide bonds. The zero-order valence-electron chi connectivity index (χ0n) is 10.7. The summed E-state index contributed by atoms with van der Waals surface area (Å²) in [4.78, 5) is 2.39. The van der Waals surface area contributed by atoms with Gasteiger partial charge in [0.25, 0.3) is 0 Å². The van der Waals surface area contributed by atoms with Gasteiger partial charge in [0.2, 0.25) is 0 Å². The van der Waals surface area contributed by atoms with Crippen LogP contribution >= 0.6 is 0 Å². The fourth-order valence-corrected chi connectivity index (χ4v) is 2.75. The van der Waals surface area contributed by atoms with E-state index in [4.69, 9.17) is 5.73 Å². The first kappa shape index (κ1) is 11.1. The molecule has 3 rings (SSSR count). The second-order valence-corrected chi connectivity index (χ2v) is 4.80. The molecule has 2 N–H and O–H groups in total. The van der Waals surface area contributed by atoms with Crippen LogP contribution in [0.5, 0.6) is 0 Å². The highest BCUT2D eigenvalue weighted by Crippen LogP contribution is 2.40. The van der Waals surface area contributed by atoms with Crippen LogP contribution in [0.1, 0.15) is 24.5 Å². The van der Waals surface area contributed by atoms with Crippen LogP contribution in [0.3, 0.4) is 0 Å². The molecule has 0 aliphatic carbocycles. The first-order valence-electron chi connectivity index (χ1n) is 6.54. The maximum Gasteiger partial charge on any atom is 0.0467 e. The second kappa shape index (κ2) is 4.37. The average Bonchev–Trinajstić information content (AvgIpc) is 2.40. The number of rotatable bonds is 2. The fourth-order valence-electron chi connectivity index (χ4n) is 2.75. The Morgan fingerprint density at radius 1 is 1.06 bits per heavy atom. The molecular weight excluding hydrogens is 220 g/mol. The van der Waals surface area contributed by atoms with Crippen LogP contribution in [0.2, 0.25) is 0 Å². The molecule has 0 saturated carbocycles. The lowest BCUT2D eigenvalue weighted by molar-refractivity contribution is 0.863. The van der Waals surface area contributed by atoms with Gasteiger partial charge < -0.3 is 10.6 Å². The largest absolute Gasteiger partial charge is 0.398 e. The lowest BCUT2D eigenvalue weighted by Gasteiger charge is -2.33. The third-order valence-electron chi connectivity index (χ3n) is 3.58. The van der Waals surface area contributed by atoms with Crippen molar-refractivity contribution in [1.29, 1.82) is 0 Å². The van der Waals surface area contributed by atoms with E-state index < -0.39 is 0 Å². The second-order valence-electron chi connectivity index (χ2n) is 4.80. The molecule has 2 nitrogen and oxygen atoms in total. The van der Waals surface area contributed by atoms with Gasteiger partial charge in [-0.3, -0.25) is 0 Å². The van der Waals surface area contributed by atoms with Crippen molar-refractivity contribution in [3.8, 4) is 0 Å². The molecule has 18 heavy (non-hydrogen) atoms. The van der Waals surface area contributed by atoms with Crippen LogP contribution in [0, 0.1) is 0 Å². The molecule has 0 radical (unpaired) electrons. The number of hydrogen-bond acceptors (Lipinski definition) is 2. The van der Waals surface area contributed by atoms with Gasteiger partial charge in [-0.25, -0.2) is 0 Å². The smallest absolute Gasteiger partial charge is 0.0467 e. The molecule has 1 aliphatic rings. The first-order chi connectivity index (χ1) is 8.81. The molecule has 0 bridgehead atoms. The Labute approximate surface area is 108 Å². The Balaban J connectivity index is 2.17. The van der Waals surface area contributed by atoms with Gasteiger partial charge in [0, 0.05) is 35.6 Å². The Kier molecular flexibility index (Phi) is 2.71. The lowest BCUT2D eigenvalue weighted by atomic mass is 9.94. The third kappa shape index (κ3) is 1.65. The topological polar surface area (TPSA) is 29.3 Å². The van der Waals surface area contributed by atoms with Gasteiger partial charge in [0.15, 0.2) is 0 Å². The number of anilines is 3. The predicted molar refractivity (Wildman–Crippen MR) is 77.4 cm³/mol. The molecular formula is C16H18N2. The molecule has 0 saturated heterocycles. The monoisotopic (exact) mass is 238 g/mol. The minimum atomic E-state index is 0.906. The van der Waals surface area contributed by atoms with E-state index in [-0.39, 0.29) is 0 Å². The molecule has 0 fully saturated rings. The van der Waals surface area contributed by atoms with Crippen molar-refractivity contribution in [3.05, 3.63) is 53.6 Å². The molecule has 2 aromatic rings. The van der Waals surface area contributed by atoms with E-state index in [1.807, 2.05) is 12.1 Å². The predicted octanol–water partition coefficient (Wildman–Crippen LogP) is 3.72. The van der Waals surface area contributed by atoms with E-state index in [1.165, 1.54) is 22.5 Å². The van der Waals surface area contributed by atoms with E-state index in [9.17, 15) is 0 Å². The molecule has 1 aliphatic heterocycles. The van der Waals surface area contributed by atoms with Gasteiger partial charge in [-0.15, -0.1) is 0 Å². The zero-order valence-corrected chi connectivity index (χ0v) is 10.7. The number of nitrogen functional groups attached to an aromatic ring is 1. The minimum absolute atomic E-state index is 0.906. The van der Waals surface area contributed by atoms with Crippen LogP contribution in [0.25, 0.3) is 0 Å². The number of nitrogens with zero attached hydrogens (tertiary/aromatic N) is 1. The van der Waals surface area contributed by atoms with Crippen LogP contribution in [0.15, 0.2) is 42.5 Å². The quantitative estimate of drug-likeness (QED) is 0.808. The molecule has 0 spiro atoms. The summed E-state index contributed by atoms with van der Waals surface area (Å²) >= 11 is 0. The molecule has 2 heteroatoms. The Hall–Kier alpha value is -1.96. The maximum atomic E-state index is 6.13. The molecule has 92 valence electrons. The number of benzene rings is 2.